The first-order valence-electron chi connectivity index (χ1n) is 15.0. The molecule has 0 heterocycles. The van der Waals surface area contributed by atoms with Gasteiger partial charge in [-0.1, -0.05) is 111 Å². The van der Waals surface area contributed by atoms with Crippen molar-refractivity contribution >= 4 is 0 Å². The van der Waals surface area contributed by atoms with Crippen molar-refractivity contribution in [2.24, 2.45) is 0 Å². The van der Waals surface area contributed by atoms with E-state index >= 15 is 0 Å². The van der Waals surface area contributed by atoms with E-state index in [1.807, 2.05) is 0 Å². The second-order valence-electron chi connectivity index (χ2n) is 10.5. The number of rotatable bonds is 21. The van der Waals surface area contributed by atoms with Gasteiger partial charge in [-0.2, -0.15) is 0 Å². The number of unbranched alkanes of at least 4 members (excludes halogenated alkanes) is 13. The minimum Gasteiger partial charge on any atom is -0.507 e. The number of hydrogen-bond donors (Lipinski definition) is 1. The number of benzene rings is 1. The van der Waals surface area contributed by atoms with Crippen LogP contribution in [0.3, 0.4) is 0 Å². The molecule has 0 saturated heterocycles. The standard InChI is InChI=1S/C32H58O/c1-6-10-14-17-20-24-28-27(5)29(23-13-9-4)32(33)31(26-22-19-16-12-8-3)30(28)25-21-18-15-11-7-2/h33H,6-26H2,1-5H3. The molecule has 0 aromatic heterocycles. The van der Waals surface area contributed by atoms with Gasteiger partial charge in [0.05, 0.1) is 0 Å². The lowest BCUT2D eigenvalue weighted by Gasteiger charge is -2.24. The largest absolute Gasteiger partial charge is 0.507 e. The molecule has 0 unspecified atom stereocenters. The van der Waals surface area contributed by atoms with Gasteiger partial charge in [0.25, 0.3) is 0 Å². The molecular formula is C32H58O. The lowest BCUT2D eigenvalue weighted by atomic mass is 9.83. The van der Waals surface area contributed by atoms with E-state index in [0.717, 1.165) is 12.8 Å². The van der Waals surface area contributed by atoms with Gasteiger partial charge in [0.2, 0.25) is 0 Å². The van der Waals surface area contributed by atoms with Gasteiger partial charge in [-0.05, 0) is 86.1 Å². The molecule has 0 atom stereocenters. The molecule has 0 bridgehead atoms. The summed E-state index contributed by atoms with van der Waals surface area (Å²) in [6, 6.07) is 0. The second-order valence-corrected chi connectivity index (χ2v) is 10.5. The summed E-state index contributed by atoms with van der Waals surface area (Å²) in [6.45, 7) is 11.5. The van der Waals surface area contributed by atoms with Gasteiger partial charge >= 0.3 is 0 Å². The maximum Gasteiger partial charge on any atom is 0.122 e. The number of aromatic hydroxyl groups is 1. The van der Waals surface area contributed by atoms with E-state index in [4.69, 9.17) is 0 Å². The third-order valence-electron chi connectivity index (χ3n) is 7.58. The van der Waals surface area contributed by atoms with Crippen molar-refractivity contribution in [3.63, 3.8) is 0 Å². The zero-order chi connectivity index (χ0) is 24.3. The molecule has 0 saturated carbocycles. The van der Waals surface area contributed by atoms with Crippen LogP contribution in [0.25, 0.3) is 0 Å². The normalized spacial score (nSPS) is 11.4. The van der Waals surface area contributed by atoms with Gasteiger partial charge in [0, 0.05) is 0 Å². The van der Waals surface area contributed by atoms with Gasteiger partial charge in [-0.25, -0.2) is 0 Å². The molecule has 33 heavy (non-hydrogen) atoms. The fourth-order valence-corrected chi connectivity index (χ4v) is 5.38. The summed E-state index contributed by atoms with van der Waals surface area (Å²) in [5.74, 6) is 0.676. The van der Waals surface area contributed by atoms with Gasteiger partial charge in [-0.15, -0.1) is 0 Å². The van der Waals surface area contributed by atoms with Crippen molar-refractivity contribution in [3.8, 4) is 5.75 Å². The van der Waals surface area contributed by atoms with Crippen molar-refractivity contribution in [1.29, 1.82) is 0 Å². The van der Waals surface area contributed by atoms with Crippen LogP contribution in [0.15, 0.2) is 0 Å². The molecule has 1 aromatic carbocycles. The van der Waals surface area contributed by atoms with Crippen LogP contribution in [-0.2, 0) is 25.7 Å². The van der Waals surface area contributed by atoms with E-state index < -0.39 is 0 Å². The fraction of sp³-hybridized carbons (Fsp3) is 0.812. The summed E-state index contributed by atoms with van der Waals surface area (Å²) >= 11 is 0. The molecule has 0 amide bonds. The maximum absolute atomic E-state index is 11.5. The highest BCUT2D eigenvalue weighted by Crippen LogP contribution is 2.37. The predicted molar refractivity (Wildman–Crippen MR) is 149 cm³/mol. The minimum absolute atomic E-state index is 0.676. The van der Waals surface area contributed by atoms with E-state index in [0.29, 0.717) is 5.75 Å². The average Bonchev–Trinajstić information content (AvgIpc) is 2.81. The van der Waals surface area contributed by atoms with Crippen LogP contribution in [0.1, 0.15) is 165 Å². The third-order valence-corrected chi connectivity index (χ3v) is 7.58. The Hall–Kier alpha value is -0.980. The average molecular weight is 459 g/mol. The van der Waals surface area contributed by atoms with Crippen molar-refractivity contribution in [1.82, 2.24) is 0 Å². The summed E-state index contributed by atoms with van der Waals surface area (Å²) in [7, 11) is 0. The molecule has 1 N–H and O–H groups in total. The first kappa shape index (κ1) is 30.1. The fourth-order valence-electron chi connectivity index (χ4n) is 5.38. The summed E-state index contributed by atoms with van der Waals surface area (Å²) in [6.07, 6.45) is 26.7. The number of phenols is 1. The molecule has 192 valence electrons. The summed E-state index contributed by atoms with van der Waals surface area (Å²) in [5.41, 5.74) is 7.21. The van der Waals surface area contributed by atoms with Crippen LogP contribution in [0.5, 0.6) is 5.75 Å². The van der Waals surface area contributed by atoms with Gasteiger partial charge in [0.1, 0.15) is 5.75 Å². The Morgan fingerprint density at radius 2 is 0.758 bits per heavy atom. The van der Waals surface area contributed by atoms with Crippen LogP contribution >= 0.6 is 0 Å². The van der Waals surface area contributed by atoms with E-state index in [1.165, 1.54) is 139 Å². The Labute approximate surface area is 208 Å². The van der Waals surface area contributed by atoms with Gasteiger partial charge in [0.15, 0.2) is 0 Å². The summed E-state index contributed by atoms with van der Waals surface area (Å²) in [5, 5.41) is 11.5. The van der Waals surface area contributed by atoms with Crippen LogP contribution in [0.4, 0.5) is 0 Å². The second kappa shape index (κ2) is 19.3. The van der Waals surface area contributed by atoms with Crippen LogP contribution in [0, 0.1) is 6.92 Å². The SMILES string of the molecule is CCCCCCCc1c(C)c(CCCC)c(O)c(CCCCCCC)c1CCCCCCC. The Bertz CT molecular complexity index is 574. The molecule has 1 heteroatoms. The van der Waals surface area contributed by atoms with Crippen molar-refractivity contribution in [2.45, 2.75) is 169 Å². The number of hydrogen-bond acceptors (Lipinski definition) is 1. The number of phenolic OH excluding ortho intramolecular Hbond substituents is 1. The van der Waals surface area contributed by atoms with Gasteiger partial charge in [-0.3, -0.25) is 0 Å². The van der Waals surface area contributed by atoms with Gasteiger partial charge < -0.3 is 5.11 Å². The van der Waals surface area contributed by atoms with Crippen molar-refractivity contribution < 1.29 is 5.11 Å². The summed E-state index contributed by atoms with van der Waals surface area (Å²) < 4.78 is 0. The zero-order valence-corrected chi connectivity index (χ0v) is 23.3. The molecule has 1 aromatic rings. The van der Waals surface area contributed by atoms with Crippen LogP contribution < -0.4 is 0 Å². The Balaban J connectivity index is 3.17. The first-order valence-corrected chi connectivity index (χ1v) is 15.0. The molecule has 0 aliphatic carbocycles. The van der Waals surface area contributed by atoms with E-state index in [1.54, 1.807) is 11.1 Å². The zero-order valence-electron chi connectivity index (χ0n) is 23.3. The van der Waals surface area contributed by atoms with Crippen LogP contribution in [-0.4, -0.2) is 5.11 Å². The quantitative estimate of drug-likeness (QED) is 0.182. The van der Waals surface area contributed by atoms with E-state index in [2.05, 4.69) is 34.6 Å². The Morgan fingerprint density at radius 1 is 0.394 bits per heavy atom. The van der Waals surface area contributed by atoms with E-state index in [-0.39, 0.29) is 0 Å². The van der Waals surface area contributed by atoms with Crippen LogP contribution in [0.2, 0.25) is 0 Å². The lowest BCUT2D eigenvalue weighted by Crippen LogP contribution is -2.09. The molecular weight excluding hydrogens is 400 g/mol. The van der Waals surface area contributed by atoms with E-state index in [9.17, 15) is 5.11 Å². The van der Waals surface area contributed by atoms with Crippen molar-refractivity contribution in [2.75, 3.05) is 0 Å². The Kier molecular flexibility index (Phi) is 17.6. The highest BCUT2D eigenvalue weighted by Gasteiger charge is 2.20. The molecule has 0 spiro atoms. The molecule has 0 radical (unpaired) electrons. The topological polar surface area (TPSA) is 20.2 Å². The predicted octanol–water partition coefficient (Wildman–Crippen LogP) is 10.6. The highest BCUT2D eigenvalue weighted by molar-refractivity contribution is 5.55. The minimum atomic E-state index is 0.676. The molecule has 1 nitrogen and oxygen atoms in total. The lowest BCUT2D eigenvalue weighted by molar-refractivity contribution is 0.454. The van der Waals surface area contributed by atoms with Crippen molar-refractivity contribution in [3.05, 3.63) is 27.8 Å². The maximum atomic E-state index is 11.5. The first-order chi connectivity index (χ1) is 16.1. The monoisotopic (exact) mass is 458 g/mol. The molecule has 0 aliphatic rings. The Morgan fingerprint density at radius 3 is 1.21 bits per heavy atom. The molecule has 0 aliphatic heterocycles. The third kappa shape index (κ3) is 11.3. The highest BCUT2D eigenvalue weighted by atomic mass is 16.3. The molecule has 1 rings (SSSR count). The molecule has 0 fully saturated rings. The summed E-state index contributed by atoms with van der Waals surface area (Å²) in [4.78, 5) is 0. The smallest absolute Gasteiger partial charge is 0.122 e.